The van der Waals surface area contributed by atoms with Crippen LogP contribution in [-0.2, 0) is 17.1 Å². The molecule has 0 aliphatic rings. The maximum Gasteiger partial charge on any atom is 0.259 e. The van der Waals surface area contributed by atoms with Crippen LogP contribution in [0, 0.1) is 5.92 Å². The fraction of sp³-hybridized carbons (Fsp3) is 0.700. The first-order valence-corrected chi connectivity index (χ1v) is 8.60. The predicted octanol–water partition coefficient (Wildman–Crippen LogP) is 2.16. The van der Waals surface area contributed by atoms with Gasteiger partial charge in [0.15, 0.2) is 5.03 Å². The van der Waals surface area contributed by atoms with E-state index in [2.05, 4.69) is 32.7 Å². The van der Waals surface area contributed by atoms with Crippen molar-refractivity contribution < 1.29 is 8.42 Å². The molecule has 8 heteroatoms. The maximum atomic E-state index is 12.0. The lowest BCUT2D eigenvalue weighted by molar-refractivity contribution is 0.539. The van der Waals surface area contributed by atoms with Gasteiger partial charge in [0.1, 0.15) is 0 Å². The van der Waals surface area contributed by atoms with Crippen LogP contribution in [0.4, 0.5) is 0 Å². The molecule has 1 aromatic rings. The lowest BCUT2D eigenvalue weighted by Crippen LogP contribution is -2.27. The fourth-order valence-corrected chi connectivity index (χ4v) is 3.55. The van der Waals surface area contributed by atoms with Crippen molar-refractivity contribution in [3.8, 4) is 0 Å². The van der Waals surface area contributed by atoms with Crippen molar-refractivity contribution in [1.29, 1.82) is 0 Å². The molecule has 0 saturated carbocycles. The van der Waals surface area contributed by atoms with E-state index >= 15 is 0 Å². The topological polar surface area (TPSA) is 64.0 Å². The Morgan fingerprint density at radius 2 is 2.28 bits per heavy atom. The smallest absolute Gasteiger partial charge is 0.255 e. The van der Waals surface area contributed by atoms with Crippen LogP contribution in [0.2, 0.25) is 5.02 Å². The van der Waals surface area contributed by atoms with Gasteiger partial charge in [-0.05, 0) is 18.8 Å². The third-order valence-corrected chi connectivity index (χ3v) is 5.60. The molecule has 5 nitrogen and oxygen atoms in total. The third kappa shape index (κ3) is 4.22. The number of hydrogen-bond acceptors (Lipinski definition) is 3. The predicted molar refractivity (Wildman–Crippen MR) is 75.6 cm³/mol. The monoisotopic (exact) mass is 357 g/mol. The minimum atomic E-state index is -3.58. The van der Waals surface area contributed by atoms with Gasteiger partial charge in [0.05, 0.1) is 11.2 Å². The summed E-state index contributed by atoms with van der Waals surface area (Å²) in [6, 6.07) is 0. The standard InChI is InChI=1S/C10H17BrClN3O2S/c1-8(6-11)4-3-5-14-18(16,17)10-9(12)7-13-15(10)2/h7-8,14H,3-6H2,1-2H3. The van der Waals surface area contributed by atoms with E-state index in [0.717, 1.165) is 18.2 Å². The first-order valence-electron chi connectivity index (χ1n) is 5.61. The number of sulfonamides is 1. The van der Waals surface area contributed by atoms with Gasteiger partial charge < -0.3 is 0 Å². The van der Waals surface area contributed by atoms with Crippen molar-refractivity contribution in [2.75, 3.05) is 11.9 Å². The van der Waals surface area contributed by atoms with Crippen LogP contribution in [-0.4, -0.2) is 30.1 Å². The Kier molecular flexibility index (Phi) is 6.10. The Morgan fingerprint density at radius 1 is 1.61 bits per heavy atom. The zero-order valence-corrected chi connectivity index (χ0v) is 13.5. The molecule has 104 valence electrons. The zero-order valence-electron chi connectivity index (χ0n) is 10.4. The normalized spacial score (nSPS) is 13.8. The summed E-state index contributed by atoms with van der Waals surface area (Å²) in [5.74, 6) is 0.537. The number of rotatable bonds is 7. The molecule has 0 bridgehead atoms. The lowest BCUT2D eigenvalue weighted by Gasteiger charge is -2.09. The zero-order chi connectivity index (χ0) is 13.8. The molecule has 0 spiro atoms. The number of aryl methyl sites for hydroxylation is 1. The van der Waals surface area contributed by atoms with Crippen LogP contribution in [0.1, 0.15) is 19.8 Å². The quantitative estimate of drug-likeness (QED) is 0.600. The number of hydrogen-bond donors (Lipinski definition) is 1. The van der Waals surface area contributed by atoms with Gasteiger partial charge in [0, 0.05) is 18.9 Å². The molecule has 0 radical (unpaired) electrons. The molecule has 0 fully saturated rings. The fourth-order valence-electron chi connectivity index (χ4n) is 1.50. The van der Waals surface area contributed by atoms with Gasteiger partial charge in [-0.15, -0.1) is 0 Å². The van der Waals surface area contributed by atoms with Gasteiger partial charge >= 0.3 is 0 Å². The molecule has 1 atom stereocenters. The highest BCUT2D eigenvalue weighted by Crippen LogP contribution is 2.19. The van der Waals surface area contributed by atoms with E-state index in [0.29, 0.717) is 12.5 Å². The molecule has 0 saturated heterocycles. The Bertz CT molecular complexity index is 470. The van der Waals surface area contributed by atoms with Crippen LogP contribution in [0.25, 0.3) is 0 Å². The number of aromatic nitrogens is 2. The summed E-state index contributed by atoms with van der Waals surface area (Å²) in [5, 5.41) is 4.89. The molecule has 0 aliphatic carbocycles. The van der Waals surface area contributed by atoms with Gasteiger partial charge in [0.2, 0.25) is 0 Å². The first-order chi connectivity index (χ1) is 8.38. The van der Waals surface area contributed by atoms with Crippen molar-refractivity contribution in [1.82, 2.24) is 14.5 Å². The third-order valence-electron chi connectivity index (χ3n) is 2.53. The van der Waals surface area contributed by atoms with Crippen LogP contribution in [0.3, 0.4) is 0 Å². The molecule has 1 N–H and O–H groups in total. The van der Waals surface area contributed by atoms with E-state index in [9.17, 15) is 8.42 Å². The minimum Gasteiger partial charge on any atom is -0.255 e. The summed E-state index contributed by atoms with van der Waals surface area (Å²) in [5.41, 5.74) is 0. The van der Waals surface area contributed by atoms with Gasteiger partial charge in [-0.2, -0.15) is 5.10 Å². The SMILES string of the molecule is CC(CBr)CCCNS(=O)(=O)c1c(Cl)cnn1C. The van der Waals surface area contributed by atoms with Crippen LogP contribution >= 0.6 is 27.5 Å². The summed E-state index contributed by atoms with van der Waals surface area (Å²) < 4.78 is 27.8. The summed E-state index contributed by atoms with van der Waals surface area (Å²) >= 11 is 9.20. The minimum absolute atomic E-state index is 0.0118. The van der Waals surface area contributed by atoms with E-state index < -0.39 is 10.0 Å². The molecule has 1 heterocycles. The summed E-state index contributed by atoms with van der Waals surface area (Å²) in [7, 11) is -2.03. The van der Waals surface area contributed by atoms with E-state index in [1.807, 2.05) is 0 Å². The van der Waals surface area contributed by atoms with E-state index in [4.69, 9.17) is 11.6 Å². The van der Waals surface area contributed by atoms with Gasteiger partial charge in [0.25, 0.3) is 10.0 Å². The largest absolute Gasteiger partial charge is 0.259 e. The number of halogens is 2. The second kappa shape index (κ2) is 6.88. The molecular weight excluding hydrogens is 342 g/mol. The summed E-state index contributed by atoms with van der Waals surface area (Å²) in [6.45, 7) is 2.52. The number of nitrogens with one attached hydrogen (secondary N) is 1. The van der Waals surface area contributed by atoms with Gasteiger partial charge in [-0.25, -0.2) is 13.1 Å². The molecule has 0 amide bonds. The Hall–Kier alpha value is -0.110. The lowest BCUT2D eigenvalue weighted by atomic mass is 10.1. The van der Waals surface area contributed by atoms with Crippen LogP contribution in [0.5, 0.6) is 0 Å². The maximum absolute atomic E-state index is 12.0. The Balaban J connectivity index is 2.56. The molecule has 0 aromatic carbocycles. The summed E-state index contributed by atoms with van der Waals surface area (Å²) in [6.07, 6.45) is 3.08. The first kappa shape index (κ1) is 15.9. The molecule has 1 unspecified atom stereocenters. The average Bonchev–Trinajstić information content (AvgIpc) is 2.64. The molecule has 18 heavy (non-hydrogen) atoms. The second-order valence-corrected chi connectivity index (χ2v) is 6.96. The summed E-state index contributed by atoms with van der Waals surface area (Å²) in [4.78, 5) is 0. The van der Waals surface area contributed by atoms with E-state index in [1.54, 1.807) is 7.05 Å². The molecule has 1 rings (SSSR count). The highest BCUT2D eigenvalue weighted by atomic mass is 79.9. The molecule has 1 aromatic heterocycles. The number of alkyl halides is 1. The highest BCUT2D eigenvalue weighted by molar-refractivity contribution is 9.09. The van der Waals surface area contributed by atoms with Crippen molar-refractivity contribution in [3.63, 3.8) is 0 Å². The van der Waals surface area contributed by atoms with E-state index in [1.165, 1.54) is 10.9 Å². The van der Waals surface area contributed by atoms with Crippen molar-refractivity contribution in [2.24, 2.45) is 13.0 Å². The second-order valence-electron chi connectivity index (χ2n) is 4.22. The van der Waals surface area contributed by atoms with E-state index in [-0.39, 0.29) is 10.0 Å². The number of nitrogens with zero attached hydrogens (tertiary/aromatic N) is 2. The van der Waals surface area contributed by atoms with Crippen LogP contribution in [0.15, 0.2) is 11.2 Å². The van der Waals surface area contributed by atoms with Crippen LogP contribution < -0.4 is 4.72 Å². The van der Waals surface area contributed by atoms with Crippen molar-refractivity contribution in [2.45, 2.75) is 24.8 Å². The molecule has 0 aliphatic heterocycles. The Morgan fingerprint density at radius 3 is 2.78 bits per heavy atom. The van der Waals surface area contributed by atoms with Gasteiger partial charge in [-0.3, -0.25) is 4.68 Å². The molecular formula is C10H17BrClN3O2S. The van der Waals surface area contributed by atoms with Crippen molar-refractivity contribution >= 4 is 37.6 Å². The average molecular weight is 359 g/mol. The highest BCUT2D eigenvalue weighted by Gasteiger charge is 2.21. The Labute approximate surface area is 121 Å². The van der Waals surface area contributed by atoms with Gasteiger partial charge in [-0.1, -0.05) is 34.5 Å². The van der Waals surface area contributed by atoms with Crippen molar-refractivity contribution in [3.05, 3.63) is 11.2 Å².